The predicted molar refractivity (Wildman–Crippen MR) is 58.9 cm³/mol. The first kappa shape index (κ1) is 14.4. The maximum Gasteiger partial charge on any atom is 0.328 e. The summed E-state index contributed by atoms with van der Waals surface area (Å²) in [5, 5.41) is 5.82. The van der Waals surface area contributed by atoms with Gasteiger partial charge < -0.3 is 14.9 Å². The van der Waals surface area contributed by atoms with Crippen LogP contribution in [0.5, 0.6) is 0 Å². The number of methoxy groups -OCH3 is 1. The summed E-state index contributed by atoms with van der Waals surface area (Å²) >= 11 is 0. The molecule has 0 aromatic rings. The molecule has 0 spiro atoms. The quantitative estimate of drug-likeness (QED) is 0.405. The van der Waals surface area contributed by atoms with Crippen LogP contribution < -0.4 is 5.32 Å². The van der Waals surface area contributed by atoms with Crippen molar-refractivity contribution in [1.29, 1.82) is 0 Å². The molecule has 0 aromatic heterocycles. The van der Waals surface area contributed by atoms with E-state index in [1.807, 2.05) is 13.8 Å². The van der Waals surface area contributed by atoms with Crippen molar-refractivity contribution in [3.05, 3.63) is 0 Å². The van der Waals surface area contributed by atoms with Gasteiger partial charge in [0, 0.05) is 0 Å². The van der Waals surface area contributed by atoms with Crippen LogP contribution in [0.1, 0.15) is 20.3 Å². The lowest BCUT2D eigenvalue weighted by Gasteiger charge is -2.20. The van der Waals surface area contributed by atoms with E-state index in [1.165, 1.54) is 14.2 Å². The Hall–Kier alpha value is -1.59. The second kappa shape index (κ2) is 7.67. The minimum Gasteiger partial charge on any atom is -0.467 e. The zero-order valence-corrected chi connectivity index (χ0v) is 10.0. The van der Waals surface area contributed by atoms with Gasteiger partial charge in [0.05, 0.1) is 7.11 Å². The van der Waals surface area contributed by atoms with Gasteiger partial charge in [0.15, 0.2) is 0 Å². The van der Waals surface area contributed by atoms with E-state index in [0.717, 1.165) is 12.6 Å². The smallest absolute Gasteiger partial charge is 0.328 e. The lowest BCUT2D eigenvalue weighted by atomic mass is 9.99. The van der Waals surface area contributed by atoms with Gasteiger partial charge in [-0.05, 0) is 5.92 Å². The molecule has 6 heteroatoms. The van der Waals surface area contributed by atoms with Gasteiger partial charge in [-0.3, -0.25) is 4.79 Å². The predicted octanol–water partition coefficient (Wildman–Crippen LogP) is 0.322. The molecule has 92 valence electrons. The van der Waals surface area contributed by atoms with Crippen LogP contribution in [-0.4, -0.2) is 38.4 Å². The van der Waals surface area contributed by atoms with E-state index in [0.29, 0.717) is 0 Å². The SMILES string of the molecule is CC[C@H](C)[C@H](NC(=O)/C=N/OC)C(=O)OC. The molecule has 0 unspecified atom stereocenters. The molecule has 0 aliphatic heterocycles. The maximum absolute atomic E-state index is 11.4. The lowest BCUT2D eigenvalue weighted by molar-refractivity contribution is -0.145. The Morgan fingerprint density at radius 3 is 2.50 bits per heavy atom. The Kier molecular flexibility index (Phi) is 6.91. The van der Waals surface area contributed by atoms with Crippen molar-refractivity contribution < 1.29 is 19.2 Å². The normalized spacial score (nSPS) is 14.2. The number of amides is 1. The van der Waals surface area contributed by atoms with Crippen molar-refractivity contribution in [2.75, 3.05) is 14.2 Å². The first-order chi connectivity index (χ1) is 7.56. The fourth-order valence-corrected chi connectivity index (χ4v) is 1.09. The molecule has 0 aliphatic carbocycles. The summed E-state index contributed by atoms with van der Waals surface area (Å²) in [6.45, 7) is 3.78. The molecule has 0 heterocycles. The van der Waals surface area contributed by atoms with Gasteiger partial charge in [-0.25, -0.2) is 4.79 Å². The average Bonchev–Trinajstić information content (AvgIpc) is 2.31. The zero-order valence-electron chi connectivity index (χ0n) is 10.0. The largest absolute Gasteiger partial charge is 0.467 e. The van der Waals surface area contributed by atoms with E-state index in [2.05, 4.69) is 20.0 Å². The van der Waals surface area contributed by atoms with Crippen LogP contribution in [0.15, 0.2) is 5.16 Å². The first-order valence-corrected chi connectivity index (χ1v) is 5.01. The van der Waals surface area contributed by atoms with E-state index in [9.17, 15) is 9.59 Å². The van der Waals surface area contributed by atoms with Gasteiger partial charge in [-0.1, -0.05) is 25.4 Å². The minimum atomic E-state index is -0.661. The van der Waals surface area contributed by atoms with Crippen molar-refractivity contribution in [1.82, 2.24) is 5.32 Å². The highest BCUT2D eigenvalue weighted by Gasteiger charge is 2.25. The second-order valence-electron chi connectivity index (χ2n) is 3.31. The Morgan fingerprint density at radius 2 is 2.06 bits per heavy atom. The number of hydrogen-bond acceptors (Lipinski definition) is 5. The Bertz CT molecular complexity index is 266. The molecule has 0 saturated carbocycles. The molecule has 0 saturated heterocycles. The van der Waals surface area contributed by atoms with Crippen LogP contribution in [0.3, 0.4) is 0 Å². The van der Waals surface area contributed by atoms with Crippen LogP contribution in [0.2, 0.25) is 0 Å². The molecule has 0 bridgehead atoms. The highest BCUT2D eigenvalue weighted by Crippen LogP contribution is 2.08. The fraction of sp³-hybridized carbons (Fsp3) is 0.700. The van der Waals surface area contributed by atoms with Gasteiger partial charge in [-0.2, -0.15) is 0 Å². The molecule has 2 atom stereocenters. The van der Waals surface area contributed by atoms with E-state index in [4.69, 9.17) is 0 Å². The summed E-state index contributed by atoms with van der Waals surface area (Å²) in [5.41, 5.74) is 0. The summed E-state index contributed by atoms with van der Waals surface area (Å²) in [7, 11) is 2.61. The summed E-state index contributed by atoms with van der Waals surface area (Å²) in [4.78, 5) is 27.1. The van der Waals surface area contributed by atoms with E-state index >= 15 is 0 Å². The summed E-state index contributed by atoms with van der Waals surface area (Å²) in [6, 6.07) is -0.661. The monoisotopic (exact) mass is 230 g/mol. The van der Waals surface area contributed by atoms with Crippen LogP contribution in [-0.2, 0) is 19.2 Å². The van der Waals surface area contributed by atoms with Crippen LogP contribution in [0.4, 0.5) is 0 Å². The molecular formula is C10H18N2O4. The highest BCUT2D eigenvalue weighted by molar-refractivity contribution is 6.26. The van der Waals surface area contributed by atoms with Crippen molar-refractivity contribution in [3.63, 3.8) is 0 Å². The number of carbonyl (C=O) groups is 2. The highest BCUT2D eigenvalue weighted by atomic mass is 16.6. The van der Waals surface area contributed by atoms with Gasteiger partial charge in [0.25, 0.3) is 5.91 Å². The number of nitrogens with zero attached hydrogens (tertiary/aromatic N) is 1. The second-order valence-corrected chi connectivity index (χ2v) is 3.31. The molecule has 0 aromatic carbocycles. The third-order valence-corrected chi connectivity index (χ3v) is 2.24. The Labute approximate surface area is 95.0 Å². The Morgan fingerprint density at radius 1 is 1.44 bits per heavy atom. The van der Waals surface area contributed by atoms with Crippen molar-refractivity contribution in [3.8, 4) is 0 Å². The summed E-state index contributed by atoms with van der Waals surface area (Å²) < 4.78 is 4.61. The van der Waals surface area contributed by atoms with Crippen LogP contribution in [0.25, 0.3) is 0 Å². The van der Waals surface area contributed by atoms with Gasteiger partial charge in [0.2, 0.25) is 0 Å². The topological polar surface area (TPSA) is 77.0 Å². The molecular weight excluding hydrogens is 212 g/mol. The summed E-state index contributed by atoms with van der Waals surface area (Å²) in [6.07, 6.45) is 1.72. The molecule has 6 nitrogen and oxygen atoms in total. The molecule has 0 rings (SSSR count). The number of hydrogen-bond donors (Lipinski definition) is 1. The van der Waals surface area contributed by atoms with Gasteiger partial charge in [-0.15, -0.1) is 0 Å². The third-order valence-electron chi connectivity index (χ3n) is 2.24. The third kappa shape index (κ3) is 4.77. The molecule has 1 amide bonds. The minimum absolute atomic E-state index is 0.00709. The summed E-state index contributed by atoms with van der Waals surface area (Å²) in [5.74, 6) is -0.960. The van der Waals surface area contributed by atoms with Crippen LogP contribution in [0, 0.1) is 5.92 Å². The number of esters is 1. The van der Waals surface area contributed by atoms with Gasteiger partial charge >= 0.3 is 5.97 Å². The molecule has 16 heavy (non-hydrogen) atoms. The standard InChI is InChI=1S/C10H18N2O4/c1-5-7(2)9(10(14)15-3)12-8(13)6-11-16-4/h6-7,9H,5H2,1-4H3,(H,12,13)/b11-6+/t7-,9-/m0/s1. The first-order valence-electron chi connectivity index (χ1n) is 5.01. The number of ether oxygens (including phenoxy) is 1. The fourth-order valence-electron chi connectivity index (χ4n) is 1.09. The van der Waals surface area contributed by atoms with Gasteiger partial charge in [0.1, 0.15) is 19.4 Å². The van der Waals surface area contributed by atoms with E-state index in [1.54, 1.807) is 0 Å². The number of rotatable bonds is 6. The van der Waals surface area contributed by atoms with E-state index < -0.39 is 17.9 Å². The van der Waals surface area contributed by atoms with Crippen molar-refractivity contribution >= 4 is 18.1 Å². The van der Waals surface area contributed by atoms with E-state index in [-0.39, 0.29) is 5.92 Å². The van der Waals surface area contributed by atoms with Crippen molar-refractivity contribution in [2.45, 2.75) is 26.3 Å². The lowest BCUT2D eigenvalue weighted by Crippen LogP contribution is -2.46. The zero-order chi connectivity index (χ0) is 12.6. The molecule has 1 N–H and O–H groups in total. The van der Waals surface area contributed by atoms with Crippen molar-refractivity contribution in [2.24, 2.45) is 11.1 Å². The number of nitrogens with one attached hydrogen (secondary N) is 1. The molecule has 0 fully saturated rings. The molecule has 0 aliphatic rings. The number of carbonyl (C=O) groups excluding carboxylic acids is 2. The average molecular weight is 230 g/mol. The Balaban J connectivity index is 4.48. The maximum atomic E-state index is 11.4. The molecule has 0 radical (unpaired) electrons. The van der Waals surface area contributed by atoms with Crippen LogP contribution >= 0.6 is 0 Å². The number of oxime groups is 1.